The summed E-state index contributed by atoms with van der Waals surface area (Å²) in [6, 6.07) is 11.9. The largest absolute Gasteiger partial charge is 0.318 e. The molecule has 0 aliphatic heterocycles. The molecule has 2 aromatic heterocycles. The number of aromatic nitrogens is 2. The molecule has 1 amide bonds. The van der Waals surface area contributed by atoms with E-state index in [0.717, 1.165) is 28.8 Å². The smallest absolute Gasteiger partial charge is 0.289 e. The van der Waals surface area contributed by atoms with Gasteiger partial charge in [-0.15, -0.1) is 0 Å². The first kappa shape index (κ1) is 19.2. The molecule has 0 unspecified atom stereocenters. The molecule has 0 aliphatic rings. The van der Waals surface area contributed by atoms with E-state index in [1.54, 1.807) is 0 Å². The van der Waals surface area contributed by atoms with Crippen LogP contribution in [-0.2, 0) is 0 Å². The van der Waals surface area contributed by atoms with Crippen LogP contribution in [-0.4, -0.2) is 26.6 Å². The van der Waals surface area contributed by atoms with E-state index in [2.05, 4.69) is 20.1 Å². The fourth-order valence-corrected chi connectivity index (χ4v) is 2.88. The van der Waals surface area contributed by atoms with Crippen molar-refractivity contribution >= 4 is 29.4 Å². The van der Waals surface area contributed by atoms with E-state index in [1.165, 1.54) is 18.3 Å². The van der Waals surface area contributed by atoms with Crippen LogP contribution in [0.2, 0.25) is 5.02 Å². The highest BCUT2D eigenvalue weighted by molar-refractivity contribution is 6.30. The van der Waals surface area contributed by atoms with Gasteiger partial charge >= 0.3 is 0 Å². The Morgan fingerprint density at radius 3 is 2.57 bits per heavy atom. The number of pyridine rings is 1. The Balaban J connectivity index is 1.74. The minimum absolute atomic E-state index is 0.0365. The number of benzene rings is 1. The van der Waals surface area contributed by atoms with Crippen LogP contribution in [0.15, 0.2) is 53.8 Å². The highest BCUT2D eigenvalue weighted by Crippen LogP contribution is 2.21. The molecule has 1 N–H and O–H groups in total. The third-order valence-electron chi connectivity index (χ3n) is 4.12. The van der Waals surface area contributed by atoms with Crippen LogP contribution in [0, 0.1) is 24.0 Å². The van der Waals surface area contributed by atoms with Crippen molar-refractivity contribution < 1.29 is 9.72 Å². The monoisotopic (exact) mass is 397 g/mol. The number of nitrogens with zero attached hydrogens (tertiary/aromatic N) is 4. The Hall–Kier alpha value is -3.52. The third-order valence-corrected chi connectivity index (χ3v) is 4.37. The van der Waals surface area contributed by atoms with E-state index in [4.69, 9.17) is 11.6 Å². The summed E-state index contributed by atoms with van der Waals surface area (Å²) in [5.74, 6) is -0.558. The lowest BCUT2D eigenvalue weighted by Gasteiger charge is -2.09. The summed E-state index contributed by atoms with van der Waals surface area (Å²) in [5.41, 5.74) is 5.98. The van der Waals surface area contributed by atoms with E-state index < -0.39 is 10.8 Å². The summed E-state index contributed by atoms with van der Waals surface area (Å²) in [7, 11) is 0. The average Bonchev–Trinajstić information content (AvgIpc) is 2.96. The minimum Gasteiger partial charge on any atom is -0.318 e. The first-order chi connectivity index (χ1) is 13.4. The molecule has 0 spiro atoms. The molecule has 3 rings (SSSR count). The van der Waals surface area contributed by atoms with Gasteiger partial charge in [-0.25, -0.2) is 10.4 Å². The second-order valence-electron chi connectivity index (χ2n) is 6.00. The van der Waals surface area contributed by atoms with E-state index >= 15 is 0 Å². The van der Waals surface area contributed by atoms with Crippen molar-refractivity contribution in [2.24, 2.45) is 5.10 Å². The maximum Gasteiger partial charge on any atom is 0.289 e. The van der Waals surface area contributed by atoms with Crippen molar-refractivity contribution in [2.75, 3.05) is 0 Å². The van der Waals surface area contributed by atoms with Crippen LogP contribution in [0.5, 0.6) is 0 Å². The number of hydrazone groups is 1. The van der Waals surface area contributed by atoms with Gasteiger partial charge in [-0.3, -0.25) is 14.9 Å². The molecule has 3 aromatic rings. The van der Waals surface area contributed by atoms with Gasteiger partial charge < -0.3 is 4.57 Å². The zero-order valence-electron chi connectivity index (χ0n) is 15.1. The molecule has 142 valence electrons. The van der Waals surface area contributed by atoms with Crippen molar-refractivity contribution in [1.29, 1.82) is 0 Å². The Morgan fingerprint density at radius 1 is 1.25 bits per heavy atom. The lowest BCUT2D eigenvalue weighted by molar-refractivity contribution is -0.385. The van der Waals surface area contributed by atoms with Crippen LogP contribution in [0.1, 0.15) is 27.4 Å². The molecule has 0 bridgehead atoms. The number of hydrogen-bond acceptors (Lipinski definition) is 5. The maximum absolute atomic E-state index is 12.1. The molecule has 2 heterocycles. The van der Waals surface area contributed by atoms with Crippen LogP contribution in [0.25, 0.3) is 5.69 Å². The van der Waals surface area contributed by atoms with Crippen LogP contribution in [0.4, 0.5) is 5.69 Å². The van der Waals surface area contributed by atoms with Gasteiger partial charge in [-0.1, -0.05) is 11.6 Å². The number of aryl methyl sites for hydroxylation is 1. The lowest BCUT2D eigenvalue weighted by atomic mass is 10.2. The topological polar surface area (TPSA) is 102 Å². The molecular weight excluding hydrogens is 382 g/mol. The van der Waals surface area contributed by atoms with Gasteiger partial charge in [0.1, 0.15) is 11.9 Å². The third kappa shape index (κ3) is 4.07. The number of carbonyl (C=O) groups excluding carboxylic acids is 1. The molecule has 0 saturated carbocycles. The summed E-state index contributed by atoms with van der Waals surface area (Å²) in [4.78, 5) is 25.9. The molecule has 0 aliphatic carbocycles. The van der Waals surface area contributed by atoms with Crippen LogP contribution >= 0.6 is 11.6 Å². The second kappa shape index (κ2) is 8.01. The van der Waals surface area contributed by atoms with Gasteiger partial charge in [-0.2, -0.15) is 5.10 Å². The summed E-state index contributed by atoms with van der Waals surface area (Å²) in [6.07, 6.45) is 2.57. The molecule has 0 radical (unpaired) electrons. The summed E-state index contributed by atoms with van der Waals surface area (Å²) >= 11 is 5.95. The minimum atomic E-state index is -0.580. The zero-order valence-corrected chi connectivity index (χ0v) is 15.8. The van der Waals surface area contributed by atoms with Crippen molar-refractivity contribution in [3.05, 3.63) is 86.4 Å². The molecule has 0 saturated heterocycles. The fourth-order valence-electron chi connectivity index (χ4n) is 2.75. The molecule has 0 atom stereocenters. The quantitative estimate of drug-likeness (QED) is 0.401. The summed E-state index contributed by atoms with van der Waals surface area (Å²) < 4.78 is 2.05. The Kier molecular flexibility index (Phi) is 5.51. The van der Waals surface area contributed by atoms with E-state index in [1.807, 2.05) is 44.2 Å². The van der Waals surface area contributed by atoms with Crippen molar-refractivity contribution in [3.63, 3.8) is 0 Å². The average molecular weight is 398 g/mol. The normalized spacial score (nSPS) is 11.0. The van der Waals surface area contributed by atoms with Gasteiger partial charge in [-0.05, 0) is 50.2 Å². The number of amides is 1. The Labute approximate surface area is 165 Å². The van der Waals surface area contributed by atoms with Crippen LogP contribution < -0.4 is 5.43 Å². The Bertz CT molecular complexity index is 1060. The van der Waals surface area contributed by atoms with E-state index in [0.29, 0.717) is 5.02 Å². The van der Waals surface area contributed by atoms with Gasteiger partial charge in [0.05, 0.1) is 11.1 Å². The number of carbonyl (C=O) groups is 1. The van der Waals surface area contributed by atoms with E-state index in [-0.39, 0.29) is 11.4 Å². The van der Waals surface area contributed by atoms with Crippen molar-refractivity contribution in [1.82, 2.24) is 15.0 Å². The molecule has 1 aromatic carbocycles. The van der Waals surface area contributed by atoms with Crippen molar-refractivity contribution in [2.45, 2.75) is 13.8 Å². The van der Waals surface area contributed by atoms with Crippen molar-refractivity contribution in [3.8, 4) is 5.69 Å². The van der Waals surface area contributed by atoms with Gasteiger partial charge in [0.25, 0.3) is 11.6 Å². The SMILES string of the molecule is Cc1cc(C=NNC(=O)c2ccc([N+](=O)[O-])cn2)c(C)n1-c1ccc(Cl)cc1. The van der Waals surface area contributed by atoms with Gasteiger partial charge in [0, 0.05) is 33.7 Å². The van der Waals surface area contributed by atoms with Gasteiger partial charge in [0.2, 0.25) is 0 Å². The number of nitro groups is 1. The fraction of sp³-hybridized carbons (Fsp3) is 0.105. The molecule has 9 heteroatoms. The van der Waals surface area contributed by atoms with E-state index in [9.17, 15) is 14.9 Å². The molecule has 8 nitrogen and oxygen atoms in total. The number of hydrogen-bond donors (Lipinski definition) is 1. The number of rotatable bonds is 5. The number of nitrogens with one attached hydrogen (secondary N) is 1. The predicted molar refractivity (Wildman–Crippen MR) is 106 cm³/mol. The molecular formula is C19H16ClN5O3. The van der Waals surface area contributed by atoms with Crippen LogP contribution in [0.3, 0.4) is 0 Å². The predicted octanol–water partition coefficient (Wildman–Crippen LogP) is 3.81. The first-order valence-corrected chi connectivity index (χ1v) is 8.63. The molecule has 0 fully saturated rings. The maximum atomic E-state index is 12.1. The number of halogens is 1. The second-order valence-corrected chi connectivity index (χ2v) is 6.43. The highest BCUT2D eigenvalue weighted by Gasteiger charge is 2.11. The first-order valence-electron chi connectivity index (χ1n) is 8.25. The van der Waals surface area contributed by atoms with Gasteiger partial charge in [0.15, 0.2) is 0 Å². The zero-order chi connectivity index (χ0) is 20.3. The Morgan fingerprint density at radius 2 is 1.96 bits per heavy atom. The molecule has 28 heavy (non-hydrogen) atoms. The highest BCUT2D eigenvalue weighted by atomic mass is 35.5. The summed E-state index contributed by atoms with van der Waals surface area (Å²) in [5, 5.41) is 15.3. The summed E-state index contributed by atoms with van der Waals surface area (Å²) in [6.45, 7) is 3.92. The standard InChI is InChI=1S/C19H16ClN5O3/c1-12-9-14(13(2)24(12)16-5-3-15(20)4-6-16)10-22-23-19(26)18-8-7-17(11-21-18)25(27)28/h3-11H,1-2H3,(H,23,26). The lowest BCUT2D eigenvalue weighted by Crippen LogP contribution is -2.19.